The van der Waals surface area contributed by atoms with Crippen LogP contribution in [0.1, 0.15) is 34.6 Å². The highest BCUT2D eigenvalue weighted by Crippen LogP contribution is 2.21. The Balaban J connectivity index is 1.91. The number of aryl methyl sites for hydroxylation is 1. The van der Waals surface area contributed by atoms with Crippen molar-refractivity contribution < 1.29 is 9.90 Å². The van der Waals surface area contributed by atoms with Gasteiger partial charge in [0.05, 0.1) is 12.6 Å². The summed E-state index contributed by atoms with van der Waals surface area (Å²) >= 11 is 1.71. The number of aliphatic hydroxyl groups excluding tert-OH is 1. The Labute approximate surface area is 148 Å². The van der Waals surface area contributed by atoms with Crippen molar-refractivity contribution in [2.45, 2.75) is 38.8 Å². The van der Waals surface area contributed by atoms with E-state index in [4.69, 9.17) is 0 Å². The molecule has 2 atom stereocenters. The molecule has 0 fully saturated rings. The fraction of sp³-hybridized carbons (Fsp3) is 0.421. The first-order chi connectivity index (χ1) is 11.5. The second-order valence-electron chi connectivity index (χ2n) is 6.25. The third-order valence-electron chi connectivity index (χ3n) is 3.93. The minimum Gasteiger partial charge on any atom is -0.393 e. The SMILES string of the molecule is Cc1ccc(CN(C)C(=O)NCC(CC(C)O)c2ccccc2)s1. The van der Waals surface area contributed by atoms with E-state index in [0.29, 0.717) is 19.5 Å². The lowest BCUT2D eigenvalue weighted by Crippen LogP contribution is -2.39. The number of nitrogens with one attached hydrogen (secondary N) is 1. The summed E-state index contributed by atoms with van der Waals surface area (Å²) in [6.45, 7) is 4.97. The van der Waals surface area contributed by atoms with Crippen molar-refractivity contribution in [2.75, 3.05) is 13.6 Å². The molecule has 24 heavy (non-hydrogen) atoms. The highest BCUT2D eigenvalue weighted by molar-refractivity contribution is 7.11. The van der Waals surface area contributed by atoms with Crippen LogP contribution in [-0.4, -0.2) is 35.7 Å². The van der Waals surface area contributed by atoms with Crippen LogP contribution in [0.4, 0.5) is 4.79 Å². The Kier molecular flexibility index (Phi) is 6.82. The van der Waals surface area contributed by atoms with E-state index in [-0.39, 0.29) is 11.9 Å². The lowest BCUT2D eigenvalue weighted by molar-refractivity contribution is 0.171. The molecule has 0 spiro atoms. The summed E-state index contributed by atoms with van der Waals surface area (Å²) in [5, 5.41) is 12.7. The zero-order valence-electron chi connectivity index (χ0n) is 14.5. The van der Waals surface area contributed by atoms with Crippen molar-refractivity contribution >= 4 is 17.4 Å². The van der Waals surface area contributed by atoms with Gasteiger partial charge in [0, 0.05) is 29.3 Å². The van der Waals surface area contributed by atoms with Crippen molar-refractivity contribution in [2.24, 2.45) is 0 Å². The first-order valence-electron chi connectivity index (χ1n) is 8.23. The van der Waals surface area contributed by atoms with Gasteiger partial charge < -0.3 is 15.3 Å². The fourth-order valence-electron chi connectivity index (χ4n) is 2.70. The van der Waals surface area contributed by atoms with E-state index in [0.717, 1.165) is 5.56 Å². The molecule has 0 aliphatic carbocycles. The standard InChI is InChI=1S/C19H26N2O2S/c1-14(22)11-17(16-7-5-4-6-8-16)12-20-19(23)21(3)13-18-10-9-15(2)24-18/h4-10,14,17,22H,11-13H2,1-3H3,(H,20,23). The average molecular weight is 346 g/mol. The number of rotatable bonds is 7. The number of hydrogen-bond acceptors (Lipinski definition) is 3. The van der Waals surface area contributed by atoms with Gasteiger partial charge in [-0.3, -0.25) is 0 Å². The van der Waals surface area contributed by atoms with Crippen molar-refractivity contribution in [3.05, 3.63) is 57.8 Å². The molecule has 2 N–H and O–H groups in total. The second-order valence-corrected chi connectivity index (χ2v) is 7.62. The molecule has 0 aliphatic rings. The van der Waals surface area contributed by atoms with Crippen LogP contribution in [-0.2, 0) is 6.54 Å². The molecule has 2 unspecified atom stereocenters. The Morgan fingerprint density at radius 3 is 2.54 bits per heavy atom. The zero-order valence-corrected chi connectivity index (χ0v) is 15.3. The molecule has 2 rings (SSSR count). The van der Waals surface area contributed by atoms with Gasteiger partial charge in [0.1, 0.15) is 0 Å². The third-order valence-corrected chi connectivity index (χ3v) is 4.92. The van der Waals surface area contributed by atoms with Crippen molar-refractivity contribution in [3.8, 4) is 0 Å². The Morgan fingerprint density at radius 1 is 1.25 bits per heavy atom. The van der Waals surface area contributed by atoms with E-state index >= 15 is 0 Å². The number of hydrogen-bond donors (Lipinski definition) is 2. The van der Waals surface area contributed by atoms with Gasteiger partial charge in [0.25, 0.3) is 0 Å². The van der Waals surface area contributed by atoms with Crippen LogP contribution >= 0.6 is 11.3 Å². The average Bonchev–Trinajstić information content (AvgIpc) is 2.96. The maximum Gasteiger partial charge on any atom is 0.317 e. The van der Waals surface area contributed by atoms with Gasteiger partial charge in [-0.15, -0.1) is 11.3 Å². The molecule has 0 aliphatic heterocycles. The van der Waals surface area contributed by atoms with Crippen molar-refractivity contribution in [3.63, 3.8) is 0 Å². The first-order valence-corrected chi connectivity index (χ1v) is 9.04. The highest BCUT2D eigenvalue weighted by atomic mass is 32.1. The topological polar surface area (TPSA) is 52.6 Å². The van der Waals surface area contributed by atoms with Gasteiger partial charge in [0.2, 0.25) is 0 Å². The maximum absolute atomic E-state index is 12.3. The molecule has 2 aromatic rings. The summed E-state index contributed by atoms with van der Waals surface area (Å²) in [5.74, 6) is 0.104. The molecule has 1 aromatic heterocycles. The predicted octanol–water partition coefficient (Wildman–Crippen LogP) is 3.75. The van der Waals surface area contributed by atoms with E-state index in [2.05, 4.69) is 24.4 Å². The summed E-state index contributed by atoms with van der Waals surface area (Å²) in [5.41, 5.74) is 1.13. The van der Waals surface area contributed by atoms with Crippen LogP contribution in [0.15, 0.2) is 42.5 Å². The number of amides is 2. The fourth-order valence-corrected chi connectivity index (χ4v) is 3.64. The van der Waals surface area contributed by atoms with Crippen molar-refractivity contribution in [1.82, 2.24) is 10.2 Å². The van der Waals surface area contributed by atoms with Crippen molar-refractivity contribution in [1.29, 1.82) is 0 Å². The lowest BCUT2D eigenvalue weighted by atomic mass is 9.93. The van der Waals surface area contributed by atoms with Crippen LogP contribution in [0.3, 0.4) is 0 Å². The number of carbonyl (C=O) groups is 1. The van der Waals surface area contributed by atoms with Crippen LogP contribution in [0.25, 0.3) is 0 Å². The molecule has 130 valence electrons. The number of aliphatic hydroxyl groups is 1. The molecular formula is C19H26N2O2S. The molecule has 4 nitrogen and oxygen atoms in total. The van der Waals surface area contributed by atoms with Crippen LogP contribution < -0.4 is 5.32 Å². The van der Waals surface area contributed by atoms with Crippen LogP contribution in [0.2, 0.25) is 0 Å². The summed E-state index contributed by atoms with van der Waals surface area (Å²) in [6.07, 6.45) is 0.219. The maximum atomic E-state index is 12.3. The normalized spacial score (nSPS) is 13.3. The van der Waals surface area contributed by atoms with Gasteiger partial charge in [-0.25, -0.2) is 4.79 Å². The smallest absolute Gasteiger partial charge is 0.317 e. The first kappa shape index (κ1) is 18.5. The van der Waals surface area contributed by atoms with Gasteiger partial charge in [-0.05, 0) is 38.0 Å². The van der Waals surface area contributed by atoms with E-state index in [9.17, 15) is 9.90 Å². The molecule has 5 heteroatoms. The van der Waals surface area contributed by atoms with E-state index < -0.39 is 6.10 Å². The zero-order chi connectivity index (χ0) is 17.5. The summed E-state index contributed by atoms with van der Waals surface area (Å²) in [6, 6.07) is 14.1. The van der Waals surface area contributed by atoms with Gasteiger partial charge >= 0.3 is 6.03 Å². The number of benzene rings is 1. The quantitative estimate of drug-likeness (QED) is 0.802. The van der Waals surface area contributed by atoms with Gasteiger partial charge in [-0.1, -0.05) is 30.3 Å². The highest BCUT2D eigenvalue weighted by Gasteiger charge is 2.17. The molecule has 0 saturated carbocycles. The molecule has 1 heterocycles. The molecule has 0 radical (unpaired) electrons. The summed E-state index contributed by atoms with van der Waals surface area (Å²) < 4.78 is 0. The van der Waals surface area contributed by atoms with Gasteiger partial charge in [0.15, 0.2) is 0 Å². The predicted molar refractivity (Wildman–Crippen MR) is 99.4 cm³/mol. The van der Waals surface area contributed by atoms with Gasteiger partial charge in [-0.2, -0.15) is 0 Å². The third kappa shape index (κ3) is 5.65. The van der Waals surface area contributed by atoms with Crippen LogP contribution in [0, 0.1) is 6.92 Å². The van der Waals surface area contributed by atoms with E-state index in [1.165, 1.54) is 9.75 Å². The van der Waals surface area contributed by atoms with Crippen LogP contribution in [0.5, 0.6) is 0 Å². The monoisotopic (exact) mass is 346 g/mol. The largest absolute Gasteiger partial charge is 0.393 e. The second kappa shape index (κ2) is 8.85. The minimum absolute atomic E-state index is 0.0902. The summed E-state index contributed by atoms with van der Waals surface area (Å²) in [7, 11) is 1.80. The van der Waals surface area contributed by atoms with E-state index in [1.54, 1.807) is 30.2 Å². The number of thiophene rings is 1. The molecule has 0 bridgehead atoms. The molecular weight excluding hydrogens is 320 g/mol. The lowest BCUT2D eigenvalue weighted by Gasteiger charge is -2.22. The number of carbonyl (C=O) groups excluding carboxylic acids is 1. The Bertz CT molecular complexity index is 640. The Morgan fingerprint density at radius 2 is 1.96 bits per heavy atom. The number of nitrogens with zero attached hydrogens (tertiary/aromatic N) is 1. The van der Waals surface area contributed by atoms with E-state index in [1.807, 2.05) is 30.3 Å². The Hall–Kier alpha value is -1.85. The number of urea groups is 1. The minimum atomic E-state index is -0.404. The molecule has 0 saturated heterocycles. The summed E-state index contributed by atoms with van der Waals surface area (Å²) in [4.78, 5) is 16.4. The molecule has 1 aromatic carbocycles. The molecule has 2 amide bonds.